The van der Waals surface area contributed by atoms with Crippen LogP contribution in [0.25, 0.3) is 0 Å². The Labute approximate surface area is 118 Å². The van der Waals surface area contributed by atoms with Gasteiger partial charge in [0.25, 0.3) is 5.91 Å². The third kappa shape index (κ3) is 2.84. The Morgan fingerprint density at radius 3 is 2.85 bits per heavy atom. The first-order valence-electron chi connectivity index (χ1n) is 7.32. The van der Waals surface area contributed by atoms with Gasteiger partial charge in [0, 0.05) is 12.0 Å². The lowest BCUT2D eigenvalue weighted by Crippen LogP contribution is -2.25. The number of ketones is 1. The molecule has 106 valence electrons. The van der Waals surface area contributed by atoms with Gasteiger partial charge in [-0.15, -0.1) is 0 Å². The van der Waals surface area contributed by atoms with Crippen LogP contribution in [-0.4, -0.2) is 18.3 Å². The molecule has 0 spiro atoms. The highest BCUT2D eigenvalue weighted by Crippen LogP contribution is 2.31. The average Bonchev–Trinajstić information content (AvgIpc) is 2.47. The lowest BCUT2D eigenvalue weighted by atomic mass is 9.85. The summed E-state index contributed by atoms with van der Waals surface area (Å²) in [5, 5.41) is 2.74. The summed E-state index contributed by atoms with van der Waals surface area (Å²) in [6.07, 6.45) is 6.73. The fourth-order valence-corrected chi connectivity index (χ4v) is 3.03. The summed E-state index contributed by atoms with van der Waals surface area (Å²) in [5.41, 5.74) is 1.27. The highest BCUT2D eigenvalue weighted by atomic mass is 16.5. The van der Waals surface area contributed by atoms with Crippen LogP contribution in [-0.2, 0) is 4.79 Å². The number of ether oxygens (including phenoxy) is 1. The Bertz CT molecular complexity index is 533. The van der Waals surface area contributed by atoms with Crippen molar-refractivity contribution in [3.8, 4) is 5.75 Å². The van der Waals surface area contributed by atoms with Crippen molar-refractivity contribution in [2.45, 2.75) is 38.5 Å². The zero-order valence-electron chi connectivity index (χ0n) is 11.5. The van der Waals surface area contributed by atoms with Crippen LogP contribution in [0.4, 0.5) is 5.69 Å². The number of hydrogen-bond acceptors (Lipinski definition) is 3. The number of Topliss-reactive ketones (excluding diaryl/α,β-unsaturated/α-hetero) is 1. The molecule has 4 heteroatoms. The van der Waals surface area contributed by atoms with Crippen LogP contribution < -0.4 is 10.1 Å². The van der Waals surface area contributed by atoms with Gasteiger partial charge in [-0.2, -0.15) is 0 Å². The van der Waals surface area contributed by atoms with E-state index in [0.29, 0.717) is 29.3 Å². The molecule has 0 unspecified atom stereocenters. The molecule has 2 aliphatic rings. The topological polar surface area (TPSA) is 55.4 Å². The molecule has 0 saturated heterocycles. The minimum absolute atomic E-state index is 0.0440. The standard InChI is InChI=1S/C16H19NO3/c18-14(8-11-4-2-1-3-5-11)12-6-7-15-13(9-12)17-16(19)10-20-15/h6-7,9,11H,1-5,8,10H2,(H,17,19). The zero-order valence-corrected chi connectivity index (χ0v) is 11.5. The SMILES string of the molecule is O=C1COc2ccc(C(=O)CC3CCCCC3)cc2N1. The molecular formula is C16H19NO3. The van der Waals surface area contributed by atoms with Crippen molar-refractivity contribution in [1.82, 2.24) is 0 Å². The Hall–Kier alpha value is -1.84. The molecule has 20 heavy (non-hydrogen) atoms. The van der Waals surface area contributed by atoms with Crippen LogP contribution in [0.2, 0.25) is 0 Å². The molecule has 3 rings (SSSR count). The number of anilines is 1. The average molecular weight is 273 g/mol. The molecule has 1 aromatic carbocycles. The second-order valence-corrected chi connectivity index (χ2v) is 5.68. The number of carbonyl (C=O) groups excluding carboxylic acids is 2. The summed E-state index contributed by atoms with van der Waals surface area (Å²) >= 11 is 0. The number of benzene rings is 1. The number of hydrogen-bond donors (Lipinski definition) is 1. The van der Waals surface area contributed by atoms with Gasteiger partial charge in [0.05, 0.1) is 5.69 Å². The van der Waals surface area contributed by atoms with E-state index in [0.717, 1.165) is 12.8 Å². The van der Waals surface area contributed by atoms with Gasteiger partial charge in [0.1, 0.15) is 5.75 Å². The number of amides is 1. The number of carbonyl (C=O) groups is 2. The van der Waals surface area contributed by atoms with Gasteiger partial charge >= 0.3 is 0 Å². The molecule has 1 aromatic rings. The largest absolute Gasteiger partial charge is 0.482 e. The van der Waals surface area contributed by atoms with E-state index in [1.165, 1.54) is 19.3 Å². The second kappa shape index (κ2) is 5.65. The van der Waals surface area contributed by atoms with Crippen molar-refractivity contribution in [2.24, 2.45) is 5.92 Å². The lowest BCUT2D eigenvalue weighted by Gasteiger charge is -2.21. The monoisotopic (exact) mass is 273 g/mol. The molecule has 0 bridgehead atoms. The summed E-state index contributed by atoms with van der Waals surface area (Å²) in [6.45, 7) is 0.0440. The quantitative estimate of drug-likeness (QED) is 0.861. The predicted molar refractivity (Wildman–Crippen MR) is 76.1 cm³/mol. The van der Waals surface area contributed by atoms with E-state index in [1.807, 2.05) is 0 Å². The van der Waals surface area contributed by atoms with Gasteiger partial charge in [0.2, 0.25) is 0 Å². The molecular weight excluding hydrogens is 254 g/mol. The molecule has 1 aliphatic heterocycles. The molecule has 0 atom stereocenters. The van der Waals surface area contributed by atoms with Crippen molar-refractivity contribution in [2.75, 3.05) is 11.9 Å². The first-order chi connectivity index (χ1) is 9.72. The van der Waals surface area contributed by atoms with Gasteiger partial charge in [-0.1, -0.05) is 32.1 Å². The minimum Gasteiger partial charge on any atom is -0.482 e. The Balaban J connectivity index is 1.71. The first kappa shape index (κ1) is 13.2. The third-order valence-electron chi connectivity index (χ3n) is 4.13. The summed E-state index contributed by atoms with van der Waals surface area (Å²) in [4.78, 5) is 23.6. The van der Waals surface area contributed by atoms with Crippen LogP contribution in [0.15, 0.2) is 18.2 Å². The second-order valence-electron chi connectivity index (χ2n) is 5.68. The molecule has 1 N–H and O–H groups in total. The van der Waals surface area contributed by atoms with Gasteiger partial charge in [-0.3, -0.25) is 9.59 Å². The maximum atomic E-state index is 12.3. The summed E-state index contributed by atoms with van der Waals surface area (Å²) in [7, 11) is 0. The first-order valence-corrected chi connectivity index (χ1v) is 7.32. The van der Waals surface area contributed by atoms with Gasteiger partial charge in [0.15, 0.2) is 12.4 Å². The van der Waals surface area contributed by atoms with Crippen molar-refractivity contribution >= 4 is 17.4 Å². The zero-order chi connectivity index (χ0) is 13.9. The fourth-order valence-electron chi connectivity index (χ4n) is 3.03. The molecule has 4 nitrogen and oxygen atoms in total. The molecule has 1 fully saturated rings. The van der Waals surface area contributed by atoms with Crippen LogP contribution in [0, 0.1) is 5.92 Å². The fraction of sp³-hybridized carbons (Fsp3) is 0.500. The number of rotatable bonds is 3. The van der Waals surface area contributed by atoms with Crippen LogP contribution in [0.1, 0.15) is 48.9 Å². The normalized spacial score (nSPS) is 18.9. The van der Waals surface area contributed by atoms with Gasteiger partial charge in [-0.25, -0.2) is 0 Å². The van der Waals surface area contributed by atoms with E-state index in [4.69, 9.17) is 4.74 Å². The molecule has 1 amide bonds. The summed E-state index contributed by atoms with van der Waals surface area (Å²) in [6, 6.07) is 5.29. The Morgan fingerprint density at radius 2 is 2.05 bits per heavy atom. The number of fused-ring (bicyclic) bond motifs is 1. The highest BCUT2D eigenvalue weighted by Gasteiger charge is 2.21. The van der Waals surface area contributed by atoms with Crippen LogP contribution in [0.3, 0.4) is 0 Å². The predicted octanol–water partition coefficient (Wildman–Crippen LogP) is 3.17. The minimum atomic E-state index is -0.172. The van der Waals surface area contributed by atoms with E-state index in [1.54, 1.807) is 18.2 Å². The van der Waals surface area contributed by atoms with Crippen molar-refractivity contribution < 1.29 is 14.3 Å². The molecule has 1 heterocycles. The maximum Gasteiger partial charge on any atom is 0.262 e. The smallest absolute Gasteiger partial charge is 0.262 e. The highest BCUT2D eigenvalue weighted by molar-refractivity contribution is 6.00. The third-order valence-corrected chi connectivity index (χ3v) is 4.13. The lowest BCUT2D eigenvalue weighted by molar-refractivity contribution is -0.118. The molecule has 0 aromatic heterocycles. The molecule has 1 saturated carbocycles. The summed E-state index contributed by atoms with van der Waals surface area (Å²) < 4.78 is 5.30. The van der Waals surface area contributed by atoms with E-state index < -0.39 is 0 Å². The Kier molecular flexibility index (Phi) is 3.72. The van der Waals surface area contributed by atoms with Crippen molar-refractivity contribution in [3.05, 3.63) is 23.8 Å². The van der Waals surface area contributed by atoms with Crippen molar-refractivity contribution in [3.63, 3.8) is 0 Å². The molecule has 0 radical (unpaired) electrons. The molecule has 1 aliphatic carbocycles. The van der Waals surface area contributed by atoms with Crippen LogP contribution >= 0.6 is 0 Å². The van der Waals surface area contributed by atoms with E-state index in [-0.39, 0.29) is 18.3 Å². The van der Waals surface area contributed by atoms with Crippen molar-refractivity contribution in [1.29, 1.82) is 0 Å². The van der Waals surface area contributed by atoms with E-state index in [9.17, 15) is 9.59 Å². The van der Waals surface area contributed by atoms with Gasteiger partial charge in [-0.05, 0) is 24.1 Å². The Morgan fingerprint density at radius 1 is 1.25 bits per heavy atom. The van der Waals surface area contributed by atoms with Gasteiger partial charge < -0.3 is 10.1 Å². The van der Waals surface area contributed by atoms with Crippen LogP contribution in [0.5, 0.6) is 5.75 Å². The number of nitrogens with one attached hydrogen (secondary N) is 1. The van der Waals surface area contributed by atoms with E-state index in [2.05, 4.69) is 5.32 Å². The summed E-state index contributed by atoms with van der Waals surface area (Å²) in [5.74, 6) is 1.16. The van der Waals surface area contributed by atoms with E-state index >= 15 is 0 Å². The maximum absolute atomic E-state index is 12.3.